The second-order valence-corrected chi connectivity index (χ2v) is 6.03. The van der Waals surface area contributed by atoms with Gasteiger partial charge in [0.05, 0.1) is 0 Å². The van der Waals surface area contributed by atoms with E-state index < -0.39 is 0 Å². The van der Waals surface area contributed by atoms with Crippen molar-refractivity contribution in [3.63, 3.8) is 0 Å². The van der Waals surface area contributed by atoms with E-state index in [1.165, 1.54) is 0 Å². The van der Waals surface area contributed by atoms with Crippen LogP contribution in [-0.2, 0) is 9.59 Å². The van der Waals surface area contributed by atoms with Crippen LogP contribution >= 0.6 is 0 Å². The lowest BCUT2D eigenvalue weighted by Crippen LogP contribution is -2.59. The summed E-state index contributed by atoms with van der Waals surface area (Å²) in [5.74, 6) is 0.365. The highest BCUT2D eigenvalue weighted by Crippen LogP contribution is 2.34. The van der Waals surface area contributed by atoms with Crippen LogP contribution in [-0.4, -0.2) is 52.7 Å². The van der Waals surface area contributed by atoms with E-state index in [9.17, 15) is 9.59 Å². The molecule has 4 nitrogen and oxygen atoms in total. The standard InChI is InChI=1S/C13H22N2O2/c1-10-6-12(17)7-13(2,3)15(10)11-4-5-14(8-11)9-16/h9-11H,4-8H2,1-3H3. The molecule has 0 aliphatic carbocycles. The van der Waals surface area contributed by atoms with E-state index in [-0.39, 0.29) is 5.54 Å². The molecule has 1 amide bonds. The Hall–Kier alpha value is -0.900. The van der Waals surface area contributed by atoms with Gasteiger partial charge in [0.2, 0.25) is 6.41 Å². The van der Waals surface area contributed by atoms with Gasteiger partial charge in [-0.25, -0.2) is 0 Å². The number of carbonyl (C=O) groups excluding carboxylic acids is 2. The Kier molecular flexibility index (Phi) is 3.25. The molecule has 0 N–H and O–H groups in total. The van der Waals surface area contributed by atoms with E-state index in [0.717, 1.165) is 25.9 Å². The van der Waals surface area contributed by atoms with Crippen LogP contribution in [0.2, 0.25) is 0 Å². The fourth-order valence-electron chi connectivity index (χ4n) is 3.62. The van der Waals surface area contributed by atoms with Crippen LogP contribution in [0.1, 0.15) is 40.0 Å². The summed E-state index contributed by atoms with van der Waals surface area (Å²) in [5, 5.41) is 0. The molecule has 0 aromatic carbocycles. The van der Waals surface area contributed by atoms with Crippen molar-refractivity contribution in [1.82, 2.24) is 9.80 Å². The van der Waals surface area contributed by atoms with Gasteiger partial charge >= 0.3 is 0 Å². The zero-order chi connectivity index (χ0) is 12.6. The van der Waals surface area contributed by atoms with E-state index in [0.29, 0.717) is 30.7 Å². The smallest absolute Gasteiger partial charge is 0.209 e. The second-order valence-electron chi connectivity index (χ2n) is 6.03. The van der Waals surface area contributed by atoms with Crippen molar-refractivity contribution in [2.45, 2.75) is 57.7 Å². The quantitative estimate of drug-likeness (QED) is 0.675. The summed E-state index contributed by atoms with van der Waals surface area (Å²) < 4.78 is 0. The Labute approximate surface area is 103 Å². The first-order valence-electron chi connectivity index (χ1n) is 6.43. The van der Waals surface area contributed by atoms with Gasteiger partial charge in [0.15, 0.2) is 0 Å². The summed E-state index contributed by atoms with van der Waals surface area (Å²) in [4.78, 5) is 26.8. The predicted molar refractivity (Wildman–Crippen MR) is 65.7 cm³/mol. The molecule has 2 aliphatic heterocycles. The summed E-state index contributed by atoms with van der Waals surface area (Å²) in [6, 6.07) is 0.709. The van der Waals surface area contributed by atoms with Gasteiger partial charge in [-0.05, 0) is 27.2 Å². The maximum absolute atomic E-state index is 11.7. The number of hydrogen-bond acceptors (Lipinski definition) is 3. The topological polar surface area (TPSA) is 40.6 Å². The van der Waals surface area contributed by atoms with E-state index in [1.807, 2.05) is 4.90 Å². The number of piperidine rings is 1. The predicted octanol–water partition coefficient (Wildman–Crippen LogP) is 1.05. The fourth-order valence-corrected chi connectivity index (χ4v) is 3.62. The molecule has 0 aromatic heterocycles. The summed E-state index contributed by atoms with van der Waals surface area (Å²) >= 11 is 0. The van der Waals surface area contributed by atoms with Crippen molar-refractivity contribution < 1.29 is 9.59 Å². The second kappa shape index (κ2) is 4.41. The van der Waals surface area contributed by atoms with Gasteiger partial charge in [-0.2, -0.15) is 0 Å². The van der Waals surface area contributed by atoms with Gasteiger partial charge in [0.25, 0.3) is 0 Å². The minimum absolute atomic E-state index is 0.0711. The van der Waals surface area contributed by atoms with Crippen LogP contribution in [0.5, 0.6) is 0 Å². The molecule has 0 bridgehead atoms. The summed E-state index contributed by atoms with van der Waals surface area (Å²) in [7, 11) is 0. The van der Waals surface area contributed by atoms with Crippen LogP contribution in [0.25, 0.3) is 0 Å². The highest BCUT2D eigenvalue weighted by molar-refractivity contribution is 5.81. The van der Waals surface area contributed by atoms with Gasteiger partial charge < -0.3 is 4.90 Å². The van der Waals surface area contributed by atoms with Crippen molar-refractivity contribution in [1.29, 1.82) is 0 Å². The fraction of sp³-hybridized carbons (Fsp3) is 0.846. The number of ketones is 1. The molecule has 2 heterocycles. The normalized spacial score (nSPS) is 34.1. The Balaban J connectivity index is 2.13. The highest BCUT2D eigenvalue weighted by atomic mass is 16.1. The van der Waals surface area contributed by atoms with E-state index in [2.05, 4.69) is 25.7 Å². The number of likely N-dealkylation sites (tertiary alicyclic amines) is 2. The lowest BCUT2D eigenvalue weighted by molar-refractivity contribution is -0.130. The minimum atomic E-state index is -0.0711. The molecular formula is C13H22N2O2. The lowest BCUT2D eigenvalue weighted by atomic mass is 9.84. The maximum Gasteiger partial charge on any atom is 0.209 e. The van der Waals surface area contributed by atoms with E-state index in [4.69, 9.17) is 0 Å². The Morgan fingerprint density at radius 1 is 1.41 bits per heavy atom. The van der Waals surface area contributed by atoms with Crippen LogP contribution < -0.4 is 0 Å². The van der Waals surface area contributed by atoms with Gasteiger partial charge in [0, 0.05) is 43.6 Å². The molecule has 4 heteroatoms. The zero-order valence-corrected chi connectivity index (χ0v) is 11.0. The minimum Gasteiger partial charge on any atom is -0.344 e. The number of Topliss-reactive ketones (excluding diaryl/α,β-unsaturated/α-hetero) is 1. The highest BCUT2D eigenvalue weighted by Gasteiger charge is 2.43. The number of hydrogen-bond donors (Lipinski definition) is 0. The van der Waals surface area contributed by atoms with Crippen molar-refractivity contribution >= 4 is 12.2 Å². The van der Waals surface area contributed by atoms with Crippen LogP contribution in [0, 0.1) is 0 Å². The first-order chi connectivity index (χ1) is 7.94. The molecule has 2 rings (SSSR count). The molecule has 17 heavy (non-hydrogen) atoms. The van der Waals surface area contributed by atoms with Crippen LogP contribution in [0.4, 0.5) is 0 Å². The van der Waals surface area contributed by atoms with Crippen LogP contribution in [0.15, 0.2) is 0 Å². The third-order valence-electron chi connectivity index (χ3n) is 4.06. The lowest BCUT2D eigenvalue weighted by Gasteiger charge is -2.49. The summed E-state index contributed by atoms with van der Waals surface area (Å²) in [5.41, 5.74) is -0.0711. The monoisotopic (exact) mass is 238 g/mol. The molecule has 2 atom stereocenters. The molecule has 0 aromatic rings. The third kappa shape index (κ3) is 2.37. The zero-order valence-electron chi connectivity index (χ0n) is 11.0. The van der Waals surface area contributed by atoms with Crippen molar-refractivity contribution in [3.05, 3.63) is 0 Å². The molecule has 0 radical (unpaired) electrons. The number of nitrogens with zero attached hydrogens (tertiary/aromatic N) is 2. The molecule has 2 aliphatic rings. The molecule has 2 unspecified atom stereocenters. The first-order valence-corrected chi connectivity index (χ1v) is 6.43. The largest absolute Gasteiger partial charge is 0.344 e. The average Bonchev–Trinajstić information content (AvgIpc) is 2.62. The molecule has 96 valence electrons. The van der Waals surface area contributed by atoms with Crippen molar-refractivity contribution in [2.24, 2.45) is 0 Å². The van der Waals surface area contributed by atoms with E-state index in [1.54, 1.807) is 0 Å². The molecule has 2 fully saturated rings. The Bertz CT molecular complexity index is 327. The molecule has 0 saturated carbocycles. The van der Waals surface area contributed by atoms with E-state index >= 15 is 0 Å². The molecular weight excluding hydrogens is 216 g/mol. The molecule has 2 saturated heterocycles. The SMILES string of the molecule is CC1CC(=O)CC(C)(C)N1C1CCN(C=O)C1. The average molecular weight is 238 g/mol. The summed E-state index contributed by atoms with van der Waals surface area (Å²) in [6.07, 6.45) is 3.25. The Morgan fingerprint density at radius 3 is 2.65 bits per heavy atom. The Morgan fingerprint density at radius 2 is 2.12 bits per heavy atom. The van der Waals surface area contributed by atoms with Crippen molar-refractivity contribution in [2.75, 3.05) is 13.1 Å². The first kappa shape index (κ1) is 12.6. The number of amides is 1. The summed E-state index contributed by atoms with van der Waals surface area (Å²) in [6.45, 7) is 8.07. The maximum atomic E-state index is 11.7. The van der Waals surface area contributed by atoms with Gasteiger partial charge in [-0.3, -0.25) is 14.5 Å². The van der Waals surface area contributed by atoms with Gasteiger partial charge in [-0.1, -0.05) is 0 Å². The van der Waals surface area contributed by atoms with Crippen LogP contribution in [0.3, 0.4) is 0 Å². The number of rotatable bonds is 2. The molecule has 0 spiro atoms. The number of carbonyl (C=O) groups is 2. The third-order valence-corrected chi connectivity index (χ3v) is 4.06. The van der Waals surface area contributed by atoms with Crippen molar-refractivity contribution in [3.8, 4) is 0 Å². The van der Waals surface area contributed by atoms with Gasteiger partial charge in [-0.15, -0.1) is 0 Å². The van der Waals surface area contributed by atoms with Gasteiger partial charge in [0.1, 0.15) is 5.78 Å².